The average molecular weight is 251 g/mol. The molecule has 0 bridgehead atoms. The van der Waals surface area contributed by atoms with Gasteiger partial charge in [-0.1, -0.05) is 19.0 Å². The van der Waals surface area contributed by atoms with Gasteiger partial charge in [0.05, 0.1) is 12.5 Å². The Hall–Kier alpha value is -1.11. The first-order chi connectivity index (χ1) is 7.78. The van der Waals surface area contributed by atoms with E-state index < -0.39 is 18.6 Å². The number of hydrogen-bond donors (Lipinski definition) is 1. The van der Waals surface area contributed by atoms with Crippen molar-refractivity contribution in [2.24, 2.45) is 11.7 Å². The van der Waals surface area contributed by atoms with Gasteiger partial charge in [0.25, 0.3) is 0 Å². The minimum Gasteiger partial charge on any atom is -0.338 e. The van der Waals surface area contributed by atoms with Crippen LogP contribution in [0.3, 0.4) is 0 Å². The van der Waals surface area contributed by atoms with Crippen LogP contribution in [0.15, 0.2) is 4.52 Å². The van der Waals surface area contributed by atoms with E-state index in [1.54, 1.807) is 0 Å². The third kappa shape index (κ3) is 5.16. The van der Waals surface area contributed by atoms with E-state index in [0.717, 1.165) is 0 Å². The molecule has 1 unspecified atom stereocenters. The molecule has 17 heavy (non-hydrogen) atoms. The Morgan fingerprint density at radius 1 is 1.35 bits per heavy atom. The van der Waals surface area contributed by atoms with Crippen molar-refractivity contribution in [1.29, 1.82) is 0 Å². The quantitative estimate of drug-likeness (QED) is 0.873. The lowest BCUT2D eigenvalue weighted by Crippen LogP contribution is -2.13. The number of aryl methyl sites for hydroxylation is 1. The van der Waals surface area contributed by atoms with Crippen LogP contribution in [0.25, 0.3) is 0 Å². The molecule has 1 aromatic rings. The summed E-state index contributed by atoms with van der Waals surface area (Å²) in [4.78, 5) is 3.86. The molecule has 98 valence electrons. The van der Waals surface area contributed by atoms with Crippen LogP contribution in [0.5, 0.6) is 0 Å². The van der Waals surface area contributed by atoms with Crippen molar-refractivity contribution >= 4 is 0 Å². The van der Waals surface area contributed by atoms with Crippen LogP contribution in [-0.4, -0.2) is 16.3 Å². The van der Waals surface area contributed by atoms with Gasteiger partial charge in [-0.05, 0) is 12.3 Å². The summed E-state index contributed by atoms with van der Waals surface area (Å²) in [7, 11) is 0. The first kappa shape index (κ1) is 14.0. The Morgan fingerprint density at radius 3 is 2.53 bits per heavy atom. The van der Waals surface area contributed by atoms with Crippen LogP contribution < -0.4 is 5.73 Å². The normalized spacial score (nSPS) is 14.3. The number of hydrogen-bond acceptors (Lipinski definition) is 4. The Balaban J connectivity index is 2.53. The van der Waals surface area contributed by atoms with Crippen molar-refractivity contribution < 1.29 is 17.7 Å². The molecule has 0 radical (unpaired) electrons. The maximum Gasteiger partial charge on any atom is 0.389 e. The minimum atomic E-state index is -4.21. The Morgan fingerprint density at radius 2 is 2.00 bits per heavy atom. The number of halogens is 3. The highest BCUT2D eigenvalue weighted by Crippen LogP contribution is 2.22. The Labute approximate surface area is 97.4 Å². The van der Waals surface area contributed by atoms with Crippen LogP contribution in [0.4, 0.5) is 13.2 Å². The van der Waals surface area contributed by atoms with Gasteiger partial charge in [0, 0.05) is 6.42 Å². The van der Waals surface area contributed by atoms with Crippen molar-refractivity contribution in [3.63, 3.8) is 0 Å². The molecule has 1 heterocycles. The summed E-state index contributed by atoms with van der Waals surface area (Å²) in [6.45, 7) is 3.97. The minimum absolute atomic E-state index is 0.0523. The van der Waals surface area contributed by atoms with E-state index in [1.165, 1.54) is 0 Å². The molecule has 4 nitrogen and oxygen atoms in total. The third-order valence-corrected chi connectivity index (χ3v) is 2.16. The second-order valence-corrected chi connectivity index (χ2v) is 4.40. The lowest BCUT2D eigenvalue weighted by molar-refractivity contribution is -0.134. The molecular formula is C10H16F3N3O. The van der Waals surface area contributed by atoms with Gasteiger partial charge in [0.2, 0.25) is 5.89 Å². The molecule has 2 N–H and O–H groups in total. The van der Waals surface area contributed by atoms with Crippen LogP contribution in [0, 0.1) is 5.92 Å². The molecule has 0 amide bonds. The molecule has 1 aromatic heterocycles. The monoisotopic (exact) mass is 251 g/mol. The zero-order valence-corrected chi connectivity index (χ0v) is 9.79. The number of nitrogens with zero attached hydrogens (tertiary/aromatic N) is 2. The summed E-state index contributed by atoms with van der Waals surface area (Å²) in [6, 6.07) is -0.415. The molecule has 0 aliphatic rings. The predicted octanol–water partition coefficient (Wildman–Crippen LogP) is 2.61. The maximum atomic E-state index is 12.0. The first-order valence-corrected chi connectivity index (χ1v) is 5.42. The molecule has 0 saturated heterocycles. The highest BCUT2D eigenvalue weighted by atomic mass is 19.4. The molecule has 1 atom stereocenters. The summed E-state index contributed by atoms with van der Waals surface area (Å²) in [5.41, 5.74) is 5.77. The maximum absolute atomic E-state index is 12.0. The summed E-state index contributed by atoms with van der Waals surface area (Å²) >= 11 is 0. The molecule has 0 aliphatic heterocycles. The fourth-order valence-corrected chi connectivity index (χ4v) is 1.38. The molecule has 0 saturated carbocycles. The zero-order valence-electron chi connectivity index (χ0n) is 9.79. The number of rotatable bonds is 5. The van der Waals surface area contributed by atoms with E-state index >= 15 is 0 Å². The van der Waals surface area contributed by atoms with Crippen molar-refractivity contribution in [2.45, 2.75) is 45.3 Å². The van der Waals surface area contributed by atoms with E-state index in [9.17, 15) is 13.2 Å². The van der Waals surface area contributed by atoms with E-state index in [2.05, 4.69) is 10.1 Å². The topological polar surface area (TPSA) is 64.9 Å². The molecule has 0 spiro atoms. The largest absolute Gasteiger partial charge is 0.389 e. The summed E-state index contributed by atoms with van der Waals surface area (Å²) in [6.07, 6.45) is -4.78. The molecular weight excluding hydrogens is 235 g/mol. The third-order valence-electron chi connectivity index (χ3n) is 2.16. The first-order valence-electron chi connectivity index (χ1n) is 5.42. The highest BCUT2D eigenvalue weighted by Gasteiger charge is 2.28. The summed E-state index contributed by atoms with van der Waals surface area (Å²) < 4.78 is 40.7. The second-order valence-electron chi connectivity index (χ2n) is 4.40. The van der Waals surface area contributed by atoms with Crippen molar-refractivity contribution in [1.82, 2.24) is 10.1 Å². The Bertz CT molecular complexity index is 349. The van der Waals surface area contributed by atoms with Gasteiger partial charge < -0.3 is 10.3 Å². The standard InChI is InChI=1S/C10H16F3N3O/c1-6(2)5-7(14)9-15-8(16-17-9)3-4-10(11,12)13/h6-7H,3-5,14H2,1-2H3. The van der Waals surface area contributed by atoms with Crippen molar-refractivity contribution in [3.8, 4) is 0 Å². The van der Waals surface area contributed by atoms with E-state index in [-0.39, 0.29) is 18.1 Å². The van der Waals surface area contributed by atoms with Gasteiger partial charge in [0.15, 0.2) is 5.82 Å². The highest BCUT2D eigenvalue weighted by molar-refractivity contribution is 4.92. The molecule has 7 heteroatoms. The van der Waals surface area contributed by atoms with Crippen LogP contribution in [0.1, 0.15) is 44.4 Å². The summed E-state index contributed by atoms with van der Waals surface area (Å²) in [5.74, 6) is 0.614. The molecule has 1 rings (SSSR count). The number of alkyl halides is 3. The predicted molar refractivity (Wildman–Crippen MR) is 55.1 cm³/mol. The molecule has 0 fully saturated rings. The average Bonchev–Trinajstić information content (AvgIpc) is 2.60. The summed E-state index contributed by atoms with van der Waals surface area (Å²) in [5, 5.41) is 3.48. The number of aromatic nitrogens is 2. The SMILES string of the molecule is CC(C)CC(N)c1nc(CCC(F)(F)F)no1. The van der Waals surface area contributed by atoms with Gasteiger partial charge >= 0.3 is 6.18 Å². The van der Waals surface area contributed by atoms with Crippen molar-refractivity contribution in [2.75, 3.05) is 0 Å². The van der Waals surface area contributed by atoms with Crippen LogP contribution >= 0.6 is 0 Å². The molecule has 0 aliphatic carbocycles. The molecule has 0 aromatic carbocycles. The Kier molecular flexibility index (Phi) is 4.50. The lowest BCUT2D eigenvalue weighted by Gasteiger charge is -2.08. The van der Waals surface area contributed by atoms with Gasteiger partial charge in [-0.3, -0.25) is 0 Å². The second kappa shape index (κ2) is 5.48. The zero-order chi connectivity index (χ0) is 13.1. The fraction of sp³-hybridized carbons (Fsp3) is 0.800. The van der Waals surface area contributed by atoms with Gasteiger partial charge in [-0.2, -0.15) is 18.2 Å². The number of nitrogens with two attached hydrogens (primary N) is 1. The van der Waals surface area contributed by atoms with Crippen LogP contribution in [0.2, 0.25) is 0 Å². The van der Waals surface area contributed by atoms with Gasteiger partial charge in [-0.25, -0.2) is 0 Å². The van der Waals surface area contributed by atoms with E-state index in [1.807, 2.05) is 13.8 Å². The smallest absolute Gasteiger partial charge is 0.338 e. The van der Waals surface area contributed by atoms with Crippen molar-refractivity contribution in [3.05, 3.63) is 11.7 Å². The van der Waals surface area contributed by atoms with E-state index in [0.29, 0.717) is 12.3 Å². The van der Waals surface area contributed by atoms with E-state index in [4.69, 9.17) is 10.3 Å². The van der Waals surface area contributed by atoms with Gasteiger partial charge in [-0.15, -0.1) is 0 Å². The lowest BCUT2D eigenvalue weighted by atomic mass is 10.0. The van der Waals surface area contributed by atoms with Gasteiger partial charge in [0.1, 0.15) is 0 Å². The fourth-order valence-electron chi connectivity index (χ4n) is 1.38. The van der Waals surface area contributed by atoms with Crippen LogP contribution in [-0.2, 0) is 6.42 Å².